The summed E-state index contributed by atoms with van der Waals surface area (Å²) in [7, 11) is 2.96. The summed E-state index contributed by atoms with van der Waals surface area (Å²) in [6, 6.07) is 87.6. The van der Waals surface area contributed by atoms with Crippen molar-refractivity contribution in [3.63, 3.8) is 0 Å². The van der Waals surface area contributed by atoms with Gasteiger partial charge in [0.25, 0.3) is 0 Å². The topological polar surface area (TPSA) is 264 Å². The van der Waals surface area contributed by atoms with Crippen molar-refractivity contribution >= 4 is 117 Å². The van der Waals surface area contributed by atoms with E-state index in [0.29, 0.717) is 24.7 Å². The third kappa shape index (κ3) is 44.3. The van der Waals surface area contributed by atoms with Gasteiger partial charge in [-0.2, -0.15) is 0 Å². The lowest BCUT2D eigenvalue weighted by atomic mass is 9.64. The Kier molecular flexibility index (Phi) is 50.4. The molecule has 9 N–H and O–H groups in total. The van der Waals surface area contributed by atoms with Crippen LogP contribution in [0.4, 0.5) is 0 Å². The highest BCUT2D eigenvalue weighted by Crippen LogP contribution is 2.22. The molecule has 11 aromatic rings. The van der Waals surface area contributed by atoms with Gasteiger partial charge < -0.3 is 78.4 Å². The number of methoxy groups -OCH3 is 2. The van der Waals surface area contributed by atoms with Gasteiger partial charge in [-0.05, 0) is 208 Å². The van der Waals surface area contributed by atoms with Crippen LogP contribution in [-0.4, -0.2) is 147 Å². The maximum Gasteiger partial charge on any atom is 0.337 e. The second-order valence-corrected chi connectivity index (χ2v) is 30.7. The van der Waals surface area contributed by atoms with E-state index < -0.39 is 48.4 Å². The van der Waals surface area contributed by atoms with E-state index in [1.807, 2.05) is 251 Å². The fraction of sp³-hybridized carbons (Fsp3) is 0.295. The highest BCUT2D eigenvalue weighted by atomic mass is 16.5. The van der Waals surface area contributed by atoms with Gasteiger partial charge in [0.2, 0.25) is 0 Å². The summed E-state index contributed by atoms with van der Waals surface area (Å²) in [5, 5.41) is 83.4. The fourth-order valence-electron chi connectivity index (χ4n) is 10.8. The van der Waals surface area contributed by atoms with Gasteiger partial charge in [0.15, 0.2) is 0 Å². The standard InChI is InChI=1S/C14H15BO2.C13H13BO2.2C11H17BO.2C10H15BO2.C9H11BO3.C9H13BO2.C8H11BO2/c1-15(16)13-7-9-14(10-8-13)17-11-12-5-3-2-4-6-12;1-14(15)11-7-9-13(10-8-11)16-12-5-3-2-4-6-12;1-11(2,3)9-5-7-10(8-6-9)12(4)13;1-9(2)8-10-4-6-11(7-5-10)12(3)13;1-8(2)13-10-6-4-9(5-7-10)11(3)12;1-3-8-13-10-6-4-9(5-7-10)11(2)12;1-10(12)8-5-3-7(4-6-8)9(11)13-2;1-3-12-9-6-4-8(5-7-9)10(2)11;1-9(10)7-3-5-8(11-2)6-4-7/h2-10,16H,11H2,1H3;2-10,15H,1H3;5-8,13H,1-4H3;4-7,9,13H,8H2,1-3H3;4-8,12H,1-3H3;4-7,12H,3,8H2,1-2H3;3-6,12H,1-2H3;4-7,11H,3H2,1-2H3;3-6,10H,1-2H3. The summed E-state index contributed by atoms with van der Waals surface area (Å²) in [6.45, 7) is 33.0. The third-order valence-electron chi connectivity index (χ3n) is 18.0. The van der Waals surface area contributed by atoms with Crippen LogP contribution in [0.5, 0.6) is 40.2 Å². The molecule has 121 heavy (non-hydrogen) atoms. The van der Waals surface area contributed by atoms with Crippen LogP contribution >= 0.6 is 0 Å². The second kappa shape index (κ2) is 58.0. The summed E-state index contributed by atoms with van der Waals surface area (Å²) in [6.07, 6.45) is 2.32. The zero-order chi connectivity index (χ0) is 90.0. The van der Waals surface area contributed by atoms with Crippen molar-refractivity contribution in [1.29, 1.82) is 0 Å². The van der Waals surface area contributed by atoms with Crippen LogP contribution < -0.4 is 77.6 Å². The van der Waals surface area contributed by atoms with E-state index in [9.17, 15) is 45.0 Å². The Morgan fingerprint density at radius 3 is 0.926 bits per heavy atom. The van der Waals surface area contributed by atoms with Crippen LogP contribution in [0.25, 0.3) is 0 Å². The maximum absolute atomic E-state index is 11.0. The second-order valence-electron chi connectivity index (χ2n) is 30.7. The molecule has 0 fully saturated rings. The molecular weight excluding hydrogens is 1510 g/mol. The predicted molar refractivity (Wildman–Crippen MR) is 514 cm³/mol. The molecule has 11 aromatic carbocycles. The van der Waals surface area contributed by atoms with Gasteiger partial charge in [-0.25, -0.2) is 4.79 Å². The van der Waals surface area contributed by atoms with Crippen molar-refractivity contribution in [2.24, 2.45) is 5.92 Å². The van der Waals surface area contributed by atoms with Crippen molar-refractivity contribution in [1.82, 2.24) is 0 Å². The Hall–Kier alpha value is -10.1. The third-order valence-corrected chi connectivity index (χ3v) is 18.0. The van der Waals surface area contributed by atoms with E-state index in [0.717, 1.165) is 114 Å². The van der Waals surface area contributed by atoms with Gasteiger partial charge in [-0.1, -0.05) is 285 Å². The summed E-state index contributed by atoms with van der Waals surface area (Å²) in [5.41, 5.74) is 12.7. The van der Waals surface area contributed by atoms with Crippen LogP contribution in [0.15, 0.2) is 279 Å². The Labute approximate surface area is 725 Å². The number of hydrogen-bond acceptors (Lipinski definition) is 17. The molecule has 0 saturated carbocycles. The number of hydrogen-bond donors (Lipinski definition) is 9. The number of carbonyl (C=O) groups excluding carboxylic acids is 1. The number of para-hydroxylation sites is 1. The molecule has 0 radical (unpaired) electrons. The van der Waals surface area contributed by atoms with Gasteiger partial charge >= 0.3 is 68.2 Å². The number of esters is 1. The van der Waals surface area contributed by atoms with Crippen molar-refractivity contribution in [3.8, 4) is 40.2 Å². The SMILES string of the molecule is CB(O)c1ccc(C(C)(C)C)cc1.CB(O)c1ccc(CC(C)C)cc1.CB(O)c1ccc(OC(C)C)cc1.CB(O)c1ccc(OCc2ccccc2)cc1.CB(O)c1ccc(Oc2ccccc2)cc1.CCCOc1ccc(B(C)O)cc1.CCOc1ccc(B(C)O)cc1.COC(=O)c1ccc(B(C)O)cc1.COc1ccc(B(C)O)cc1. The molecule has 0 aliphatic rings. The first-order valence-electron chi connectivity index (χ1n) is 41.4. The average molecular weight is 1640 g/mol. The number of ether oxygens (including phenoxy) is 7. The molecule has 636 valence electrons. The molecule has 0 aromatic heterocycles. The van der Waals surface area contributed by atoms with E-state index in [2.05, 4.69) is 70.5 Å². The minimum Gasteiger partial charge on any atom is -0.497 e. The first kappa shape index (κ1) is 105. The molecule has 0 aliphatic carbocycles. The van der Waals surface area contributed by atoms with Gasteiger partial charge in [0, 0.05) is 0 Å². The first-order valence-corrected chi connectivity index (χ1v) is 41.4. The Morgan fingerprint density at radius 2 is 0.620 bits per heavy atom. The van der Waals surface area contributed by atoms with Gasteiger partial charge in [0.1, 0.15) is 46.9 Å². The lowest BCUT2D eigenvalue weighted by molar-refractivity contribution is 0.0600. The van der Waals surface area contributed by atoms with Crippen molar-refractivity contribution in [2.45, 2.75) is 155 Å². The highest BCUT2D eigenvalue weighted by Gasteiger charge is 2.16. The summed E-state index contributed by atoms with van der Waals surface area (Å²) in [4.78, 5) is 11.0. The van der Waals surface area contributed by atoms with Gasteiger partial charge in [-0.15, -0.1) is 0 Å². The number of benzene rings is 11. The minimum absolute atomic E-state index is 0.192. The quantitative estimate of drug-likeness (QED) is 0.0190. The molecule has 0 bridgehead atoms. The van der Waals surface area contributed by atoms with E-state index in [1.54, 1.807) is 92.8 Å². The lowest BCUT2D eigenvalue weighted by Crippen LogP contribution is -2.26. The summed E-state index contributed by atoms with van der Waals surface area (Å²) < 4.78 is 36.9. The van der Waals surface area contributed by atoms with Crippen molar-refractivity contribution < 1.29 is 83.2 Å². The molecule has 0 atom stereocenters. The van der Waals surface area contributed by atoms with Crippen LogP contribution in [0, 0.1) is 5.92 Å². The molecular formula is C95H127B9O17. The molecule has 0 amide bonds. The van der Waals surface area contributed by atoms with E-state index in [1.165, 1.54) is 18.2 Å². The molecule has 0 spiro atoms. The molecule has 26 heteroatoms. The molecule has 0 heterocycles. The van der Waals surface area contributed by atoms with Crippen LogP contribution in [0.3, 0.4) is 0 Å². The Morgan fingerprint density at radius 1 is 0.331 bits per heavy atom. The smallest absolute Gasteiger partial charge is 0.337 e. The van der Waals surface area contributed by atoms with Crippen LogP contribution in [0.2, 0.25) is 61.4 Å². The first-order chi connectivity index (χ1) is 57.5. The van der Waals surface area contributed by atoms with Gasteiger partial charge in [0.05, 0.1) is 39.1 Å². The van der Waals surface area contributed by atoms with Gasteiger partial charge in [-0.3, -0.25) is 0 Å². The normalized spacial score (nSPS) is 10.0. The highest BCUT2D eigenvalue weighted by molar-refractivity contribution is 6.67. The minimum atomic E-state index is -0.508. The van der Waals surface area contributed by atoms with E-state index >= 15 is 0 Å². The van der Waals surface area contributed by atoms with E-state index in [-0.39, 0.29) is 31.3 Å². The monoisotopic (exact) mass is 1640 g/mol. The lowest BCUT2D eigenvalue weighted by Gasteiger charge is -2.19. The number of carbonyl (C=O) groups is 1. The molecule has 17 nitrogen and oxygen atoms in total. The van der Waals surface area contributed by atoms with E-state index in [4.69, 9.17) is 33.4 Å². The zero-order valence-corrected chi connectivity index (χ0v) is 74.7. The van der Waals surface area contributed by atoms with Crippen LogP contribution in [0.1, 0.15) is 95.8 Å². The predicted octanol–water partition coefficient (Wildman–Crippen LogP) is 12.2. The zero-order valence-electron chi connectivity index (χ0n) is 74.7. The molecule has 0 unspecified atom stereocenters. The molecule has 0 aliphatic heterocycles. The van der Waals surface area contributed by atoms with Crippen LogP contribution in [-0.2, 0) is 23.2 Å². The van der Waals surface area contributed by atoms with Crippen molar-refractivity contribution in [3.05, 3.63) is 301 Å². The Bertz CT molecular complexity index is 4410. The summed E-state index contributed by atoms with van der Waals surface area (Å²) >= 11 is 0. The molecule has 11 rings (SSSR count). The summed E-state index contributed by atoms with van der Waals surface area (Å²) in [5.74, 6) is 6.11. The fourth-order valence-corrected chi connectivity index (χ4v) is 10.8. The van der Waals surface area contributed by atoms with Crippen molar-refractivity contribution in [2.75, 3.05) is 27.4 Å². The molecule has 0 saturated heterocycles. The Balaban J connectivity index is 0.000000353. The largest absolute Gasteiger partial charge is 0.497 e. The average Bonchev–Trinajstić information content (AvgIpc) is 0.850. The number of rotatable bonds is 25. The maximum atomic E-state index is 11.0.